The SMILES string of the molecule is C=CC1CCCCNC1=O.C=CN1CCCC1=O. The van der Waals surface area contributed by atoms with Gasteiger partial charge in [-0.2, -0.15) is 0 Å². The minimum atomic E-state index is 0.0579. The van der Waals surface area contributed by atoms with Crippen molar-refractivity contribution in [1.82, 2.24) is 10.2 Å². The van der Waals surface area contributed by atoms with Crippen LogP contribution in [0.5, 0.6) is 0 Å². The highest BCUT2D eigenvalue weighted by atomic mass is 16.2. The molecule has 18 heavy (non-hydrogen) atoms. The smallest absolute Gasteiger partial charge is 0.226 e. The van der Waals surface area contributed by atoms with Crippen LogP contribution in [0.3, 0.4) is 0 Å². The average Bonchev–Trinajstić information content (AvgIpc) is 2.68. The molecule has 0 aromatic rings. The molecule has 4 heteroatoms. The van der Waals surface area contributed by atoms with Crippen molar-refractivity contribution in [3.63, 3.8) is 0 Å². The van der Waals surface area contributed by atoms with Crippen LogP contribution < -0.4 is 5.32 Å². The van der Waals surface area contributed by atoms with E-state index in [2.05, 4.69) is 18.5 Å². The molecular weight excluding hydrogens is 228 g/mol. The van der Waals surface area contributed by atoms with Crippen LogP contribution in [-0.2, 0) is 9.59 Å². The summed E-state index contributed by atoms with van der Waals surface area (Å²) in [5, 5.41) is 2.84. The highest BCUT2D eigenvalue weighted by molar-refractivity contribution is 5.80. The van der Waals surface area contributed by atoms with Crippen LogP contribution in [0, 0.1) is 5.92 Å². The standard InChI is InChI=1S/C8H13NO.C6H9NO/c1-2-7-5-3-4-6-9-8(7)10;1-2-7-5-3-4-6(7)8/h2,7H,1,3-6H2,(H,9,10);2H,1,3-5H2. The Morgan fingerprint density at radius 3 is 2.50 bits per heavy atom. The van der Waals surface area contributed by atoms with Gasteiger partial charge in [0.1, 0.15) is 0 Å². The molecule has 1 unspecified atom stereocenters. The third-order valence-corrected chi connectivity index (χ3v) is 3.19. The second-order valence-corrected chi connectivity index (χ2v) is 4.50. The van der Waals surface area contributed by atoms with Crippen LogP contribution in [0.15, 0.2) is 25.4 Å². The maximum Gasteiger partial charge on any atom is 0.226 e. The molecule has 4 nitrogen and oxygen atoms in total. The van der Waals surface area contributed by atoms with Gasteiger partial charge in [-0.15, -0.1) is 6.58 Å². The van der Waals surface area contributed by atoms with Crippen molar-refractivity contribution in [3.8, 4) is 0 Å². The van der Waals surface area contributed by atoms with E-state index in [0.717, 1.165) is 38.8 Å². The van der Waals surface area contributed by atoms with E-state index in [9.17, 15) is 9.59 Å². The van der Waals surface area contributed by atoms with Gasteiger partial charge in [0.2, 0.25) is 11.8 Å². The number of nitrogens with zero attached hydrogens (tertiary/aromatic N) is 1. The summed E-state index contributed by atoms with van der Waals surface area (Å²) in [6, 6.07) is 0. The summed E-state index contributed by atoms with van der Waals surface area (Å²) < 4.78 is 0. The summed E-state index contributed by atoms with van der Waals surface area (Å²) in [5.41, 5.74) is 0. The Morgan fingerprint density at radius 2 is 2.00 bits per heavy atom. The third kappa shape index (κ3) is 4.35. The topological polar surface area (TPSA) is 49.4 Å². The van der Waals surface area contributed by atoms with Gasteiger partial charge in [-0.3, -0.25) is 9.59 Å². The number of rotatable bonds is 2. The van der Waals surface area contributed by atoms with Crippen LogP contribution in [-0.4, -0.2) is 29.8 Å². The average molecular weight is 250 g/mol. The first-order valence-electron chi connectivity index (χ1n) is 6.51. The predicted molar refractivity (Wildman–Crippen MR) is 71.7 cm³/mol. The van der Waals surface area contributed by atoms with Gasteiger partial charge in [-0.1, -0.05) is 19.1 Å². The Hall–Kier alpha value is -1.58. The molecular formula is C14H22N2O2. The Balaban J connectivity index is 0.000000184. The number of nitrogens with one attached hydrogen (secondary N) is 1. The molecule has 0 aromatic carbocycles. The van der Waals surface area contributed by atoms with Crippen LogP contribution in [0.1, 0.15) is 32.1 Å². The summed E-state index contributed by atoms with van der Waals surface area (Å²) in [6.07, 6.45) is 8.23. The largest absolute Gasteiger partial charge is 0.356 e. The monoisotopic (exact) mass is 250 g/mol. The van der Waals surface area contributed by atoms with Crippen molar-refractivity contribution >= 4 is 11.8 Å². The van der Waals surface area contributed by atoms with Crippen LogP contribution in [0.25, 0.3) is 0 Å². The van der Waals surface area contributed by atoms with Gasteiger partial charge in [-0.25, -0.2) is 0 Å². The van der Waals surface area contributed by atoms with Crippen molar-refractivity contribution in [2.45, 2.75) is 32.1 Å². The molecule has 0 bridgehead atoms. The van der Waals surface area contributed by atoms with E-state index in [1.165, 1.54) is 0 Å². The second kappa shape index (κ2) is 7.69. The Kier molecular flexibility index (Phi) is 6.19. The zero-order valence-corrected chi connectivity index (χ0v) is 10.9. The van der Waals surface area contributed by atoms with Crippen LogP contribution in [0.2, 0.25) is 0 Å². The lowest BCUT2D eigenvalue weighted by atomic mass is 10.0. The Bertz CT molecular complexity index is 326. The molecule has 2 aliphatic rings. The van der Waals surface area contributed by atoms with E-state index in [1.54, 1.807) is 17.2 Å². The fourth-order valence-corrected chi connectivity index (χ4v) is 2.05. The van der Waals surface area contributed by atoms with Crippen LogP contribution >= 0.6 is 0 Å². The molecule has 2 fully saturated rings. The van der Waals surface area contributed by atoms with Crippen molar-refractivity contribution in [2.24, 2.45) is 5.92 Å². The molecule has 0 radical (unpaired) electrons. The van der Waals surface area contributed by atoms with E-state index in [1.807, 2.05) is 0 Å². The van der Waals surface area contributed by atoms with Gasteiger partial charge in [0.25, 0.3) is 0 Å². The van der Waals surface area contributed by atoms with Crippen molar-refractivity contribution in [1.29, 1.82) is 0 Å². The molecule has 100 valence electrons. The first-order valence-corrected chi connectivity index (χ1v) is 6.51. The molecule has 0 aliphatic carbocycles. The van der Waals surface area contributed by atoms with E-state index >= 15 is 0 Å². The van der Waals surface area contributed by atoms with Gasteiger partial charge in [0, 0.05) is 19.5 Å². The lowest BCUT2D eigenvalue weighted by Gasteiger charge is -2.05. The first-order chi connectivity index (χ1) is 8.69. The molecule has 2 heterocycles. The predicted octanol–water partition coefficient (Wildman–Crippen LogP) is 1.84. The lowest BCUT2D eigenvalue weighted by Crippen LogP contribution is -2.27. The molecule has 2 rings (SSSR count). The normalized spacial score (nSPS) is 23.6. The summed E-state index contributed by atoms with van der Waals surface area (Å²) in [5.74, 6) is 0.412. The fraction of sp³-hybridized carbons (Fsp3) is 0.571. The summed E-state index contributed by atoms with van der Waals surface area (Å²) in [6.45, 7) is 8.81. The Morgan fingerprint density at radius 1 is 1.22 bits per heavy atom. The van der Waals surface area contributed by atoms with Gasteiger partial charge < -0.3 is 10.2 Å². The number of hydrogen-bond donors (Lipinski definition) is 1. The number of amides is 2. The number of carbonyl (C=O) groups excluding carboxylic acids is 2. The number of hydrogen-bond acceptors (Lipinski definition) is 2. The molecule has 2 amide bonds. The molecule has 0 saturated carbocycles. The van der Waals surface area contributed by atoms with E-state index in [0.29, 0.717) is 6.42 Å². The molecule has 1 N–H and O–H groups in total. The molecule has 2 saturated heterocycles. The maximum atomic E-state index is 11.1. The minimum absolute atomic E-state index is 0.0579. The highest BCUT2D eigenvalue weighted by Gasteiger charge is 2.16. The summed E-state index contributed by atoms with van der Waals surface area (Å²) in [4.78, 5) is 23.4. The van der Waals surface area contributed by atoms with Crippen molar-refractivity contribution < 1.29 is 9.59 Å². The second-order valence-electron chi connectivity index (χ2n) is 4.50. The Labute approximate surface area is 109 Å². The number of carbonyl (C=O) groups is 2. The third-order valence-electron chi connectivity index (χ3n) is 3.19. The minimum Gasteiger partial charge on any atom is -0.356 e. The number of likely N-dealkylation sites (tertiary alicyclic amines) is 1. The molecule has 0 spiro atoms. The quantitative estimate of drug-likeness (QED) is 0.760. The zero-order valence-electron chi connectivity index (χ0n) is 10.9. The van der Waals surface area contributed by atoms with E-state index in [-0.39, 0.29) is 17.7 Å². The molecule has 1 atom stereocenters. The zero-order chi connectivity index (χ0) is 13.4. The van der Waals surface area contributed by atoms with E-state index in [4.69, 9.17) is 0 Å². The molecule has 2 aliphatic heterocycles. The van der Waals surface area contributed by atoms with E-state index < -0.39 is 0 Å². The van der Waals surface area contributed by atoms with Crippen LogP contribution in [0.4, 0.5) is 0 Å². The van der Waals surface area contributed by atoms with Gasteiger partial charge >= 0.3 is 0 Å². The maximum absolute atomic E-state index is 11.1. The molecule has 0 aromatic heterocycles. The fourth-order valence-electron chi connectivity index (χ4n) is 2.05. The highest BCUT2D eigenvalue weighted by Crippen LogP contribution is 2.12. The van der Waals surface area contributed by atoms with Gasteiger partial charge in [0.05, 0.1) is 5.92 Å². The van der Waals surface area contributed by atoms with Gasteiger partial charge in [-0.05, 0) is 25.5 Å². The van der Waals surface area contributed by atoms with Gasteiger partial charge in [0.15, 0.2) is 0 Å². The van der Waals surface area contributed by atoms with Crippen molar-refractivity contribution in [2.75, 3.05) is 13.1 Å². The summed E-state index contributed by atoms with van der Waals surface area (Å²) in [7, 11) is 0. The summed E-state index contributed by atoms with van der Waals surface area (Å²) >= 11 is 0. The first kappa shape index (κ1) is 14.5. The van der Waals surface area contributed by atoms with Crippen molar-refractivity contribution in [3.05, 3.63) is 25.4 Å². The lowest BCUT2D eigenvalue weighted by molar-refractivity contribution is -0.125.